The van der Waals surface area contributed by atoms with E-state index in [1.165, 1.54) is 11.3 Å². The van der Waals surface area contributed by atoms with Crippen molar-refractivity contribution in [3.05, 3.63) is 21.9 Å². The summed E-state index contributed by atoms with van der Waals surface area (Å²) in [5.41, 5.74) is 0.843. The van der Waals surface area contributed by atoms with Crippen LogP contribution in [-0.4, -0.2) is 23.5 Å². The zero-order valence-corrected chi connectivity index (χ0v) is 10.7. The Kier molecular flexibility index (Phi) is 3.70. The molecule has 2 rings (SSSR count). The molecule has 88 valence electrons. The van der Waals surface area contributed by atoms with E-state index in [0.717, 1.165) is 10.4 Å². The number of esters is 1. The van der Waals surface area contributed by atoms with E-state index in [-0.39, 0.29) is 17.5 Å². The molecule has 1 aromatic rings. The van der Waals surface area contributed by atoms with Gasteiger partial charge in [0.2, 0.25) is 5.11 Å². The first kappa shape index (κ1) is 12.0. The topological polar surface area (TPSA) is 63.4 Å². The van der Waals surface area contributed by atoms with Crippen molar-refractivity contribution in [1.29, 1.82) is 0 Å². The molecule has 0 aromatic carbocycles. The third-order valence-corrected chi connectivity index (χ3v) is 3.15. The summed E-state index contributed by atoms with van der Waals surface area (Å²) < 4.78 is 4.90. The van der Waals surface area contributed by atoms with E-state index in [4.69, 9.17) is 17.0 Å². The summed E-state index contributed by atoms with van der Waals surface area (Å²) in [4.78, 5) is 16.2. The highest BCUT2D eigenvalue weighted by molar-refractivity contribution is 7.80. The van der Waals surface area contributed by atoms with Gasteiger partial charge in [-0.2, -0.15) is 4.99 Å². The first-order chi connectivity index (χ1) is 8.20. The quantitative estimate of drug-likeness (QED) is 0.621. The van der Waals surface area contributed by atoms with Crippen molar-refractivity contribution in [2.24, 2.45) is 15.2 Å². The number of amidine groups is 1. The van der Waals surface area contributed by atoms with Crippen LogP contribution in [0, 0.1) is 0 Å². The molecule has 0 atom stereocenters. The predicted molar refractivity (Wildman–Crippen MR) is 68.6 cm³/mol. The zero-order chi connectivity index (χ0) is 12.3. The van der Waals surface area contributed by atoms with Gasteiger partial charge < -0.3 is 4.74 Å². The second kappa shape index (κ2) is 5.24. The fourth-order valence-electron chi connectivity index (χ4n) is 1.36. The number of ether oxygens (including phenoxy) is 1. The molecule has 0 bridgehead atoms. The lowest BCUT2D eigenvalue weighted by Gasteiger charge is -2.01. The second-order valence-corrected chi connectivity index (χ2v) is 4.46. The van der Waals surface area contributed by atoms with E-state index >= 15 is 0 Å². The SMILES string of the molecule is CCOC(=O)Cc1ccsc1C1=NC(=S)N=N1. The van der Waals surface area contributed by atoms with Crippen molar-refractivity contribution >= 4 is 40.5 Å². The van der Waals surface area contributed by atoms with Crippen LogP contribution >= 0.6 is 23.6 Å². The molecule has 0 fully saturated rings. The fraction of sp³-hybridized carbons (Fsp3) is 0.300. The van der Waals surface area contributed by atoms with Gasteiger partial charge >= 0.3 is 5.97 Å². The molecule has 17 heavy (non-hydrogen) atoms. The highest BCUT2D eigenvalue weighted by Gasteiger charge is 2.17. The lowest BCUT2D eigenvalue weighted by Crippen LogP contribution is -2.09. The molecule has 1 aliphatic heterocycles. The van der Waals surface area contributed by atoms with E-state index in [9.17, 15) is 4.79 Å². The average molecular weight is 267 g/mol. The number of hydrogen-bond donors (Lipinski definition) is 0. The molecule has 0 aliphatic carbocycles. The fourth-order valence-corrected chi connectivity index (χ4v) is 2.34. The number of azo groups is 1. The average Bonchev–Trinajstić information content (AvgIpc) is 2.87. The smallest absolute Gasteiger partial charge is 0.310 e. The summed E-state index contributed by atoms with van der Waals surface area (Å²) in [6, 6.07) is 1.86. The van der Waals surface area contributed by atoms with Crippen molar-refractivity contribution in [2.75, 3.05) is 6.61 Å². The maximum absolute atomic E-state index is 11.4. The molecule has 0 spiro atoms. The number of thiophene rings is 1. The molecular weight excluding hydrogens is 258 g/mol. The summed E-state index contributed by atoms with van der Waals surface area (Å²) in [5, 5.41) is 9.63. The van der Waals surface area contributed by atoms with Gasteiger partial charge in [0.15, 0.2) is 5.84 Å². The Bertz CT molecular complexity index is 519. The first-order valence-corrected chi connectivity index (χ1v) is 6.26. The summed E-state index contributed by atoms with van der Waals surface area (Å²) in [5.74, 6) is 0.217. The van der Waals surface area contributed by atoms with E-state index < -0.39 is 0 Å². The molecule has 0 N–H and O–H groups in total. The summed E-state index contributed by atoms with van der Waals surface area (Å²) in [6.07, 6.45) is 0.216. The number of nitrogens with zero attached hydrogens (tertiary/aromatic N) is 3. The van der Waals surface area contributed by atoms with Crippen LogP contribution in [0.2, 0.25) is 0 Å². The van der Waals surface area contributed by atoms with Crippen LogP contribution in [-0.2, 0) is 16.0 Å². The van der Waals surface area contributed by atoms with E-state index in [2.05, 4.69) is 15.2 Å². The third-order valence-electron chi connectivity index (χ3n) is 2.02. The molecule has 1 aromatic heterocycles. The molecule has 1 aliphatic rings. The van der Waals surface area contributed by atoms with Crippen molar-refractivity contribution in [1.82, 2.24) is 0 Å². The number of hydrogen-bond acceptors (Lipinski definition) is 5. The first-order valence-electron chi connectivity index (χ1n) is 4.97. The minimum atomic E-state index is -0.259. The minimum Gasteiger partial charge on any atom is -0.466 e. The van der Waals surface area contributed by atoms with E-state index in [0.29, 0.717) is 12.4 Å². The van der Waals surface area contributed by atoms with Gasteiger partial charge in [0.05, 0.1) is 17.9 Å². The van der Waals surface area contributed by atoms with Crippen molar-refractivity contribution < 1.29 is 9.53 Å². The van der Waals surface area contributed by atoms with Gasteiger partial charge in [-0.05, 0) is 36.2 Å². The number of carbonyl (C=O) groups excluding carboxylic acids is 1. The van der Waals surface area contributed by atoms with Crippen LogP contribution in [0.3, 0.4) is 0 Å². The number of carbonyl (C=O) groups is 1. The Morgan fingerprint density at radius 1 is 1.53 bits per heavy atom. The third kappa shape index (κ3) is 2.80. The van der Waals surface area contributed by atoms with Crippen LogP contribution in [0.5, 0.6) is 0 Å². The summed E-state index contributed by atoms with van der Waals surface area (Å²) in [6.45, 7) is 2.16. The van der Waals surface area contributed by atoms with Gasteiger partial charge in [0.25, 0.3) is 0 Å². The molecule has 0 unspecified atom stereocenters. The standard InChI is InChI=1S/C10H9N3O2S2/c1-2-15-7(14)5-6-3-4-17-8(6)9-11-10(16)13-12-9/h3-4H,2,5H2,1H3. The van der Waals surface area contributed by atoms with Gasteiger partial charge in [0.1, 0.15) is 0 Å². The van der Waals surface area contributed by atoms with Gasteiger partial charge in [0, 0.05) is 0 Å². The molecule has 0 amide bonds. The molecule has 7 heteroatoms. The lowest BCUT2D eigenvalue weighted by molar-refractivity contribution is -0.142. The number of thiocarbonyl (C=S) groups is 1. The Morgan fingerprint density at radius 3 is 3.00 bits per heavy atom. The Balaban J connectivity index is 2.18. The minimum absolute atomic E-state index is 0.216. The maximum atomic E-state index is 11.4. The van der Waals surface area contributed by atoms with Crippen LogP contribution in [0.1, 0.15) is 17.4 Å². The Morgan fingerprint density at radius 2 is 2.35 bits per heavy atom. The predicted octanol–water partition coefficient (Wildman–Crippen LogP) is 2.35. The van der Waals surface area contributed by atoms with Gasteiger partial charge in [-0.15, -0.1) is 21.6 Å². The second-order valence-electron chi connectivity index (χ2n) is 3.17. The van der Waals surface area contributed by atoms with Crippen molar-refractivity contribution in [2.45, 2.75) is 13.3 Å². The van der Waals surface area contributed by atoms with E-state index in [1.54, 1.807) is 6.92 Å². The number of rotatable bonds is 4. The zero-order valence-electron chi connectivity index (χ0n) is 9.04. The summed E-state index contributed by atoms with van der Waals surface area (Å²) >= 11 is 6.26. The van der Waals surface area contributed by atoms with Crippen LogP contribution in [0.4, 0.5) is 0 Å². The molecule has 2 heterocycles. The normalized spacial score (nSPS) is 13.9. The lowest BCUT2D eigenvalue weighted by atomic mass is 10.2. The largest absolute Gasteiger partial charge is 0.466 e. The Labute approximate surface area is 107 Å². The molecule has 0 saturated carbocycles. The Hall–Kier alpha value is -1.47. The highest BCUT2D eigenvalue weighted by atomic mass is 32.1. The highest BCUT2D eigenvalue weighted by Crippen LogP contribution is 2.21. The molecule has 0 radical (unpaired) electrons. The molecule has 5 nitrogen and oxygen atoms in total. The van der Waals surface area contributed by atoms with Crippen LogP contribution < -0.4 is 0 Å². The van der Waals surface area contributed by atoms with Crippen LogP contribution in [0.15, 0.2) is 26.7 Å². The monoisotopic (exact) mass is 267 g/mol. The van der Waals surface area contributed by atoms with Gasteiger partial charge in [-0.25, -0.2) is 0 Å². The molecule has 0 saturated heterocycles. The number of aliphatic imine (C=N–C) groups is 1. The van der Waals surface area contributed by atoms with Gasteiger partial charge in [-0.1, -0.05) is 0 Å². The van der Waals surface area contributed by atoms with E-state index in [1.807, 2.05) is 11.4 Å². The summed E-state index contributed by atoms with van der Waals surface area (Å²) in [7, 11) is 0. The molecular formula is C10H9N3O2S2. The van der Waals surface area contributed by atoms with Crippen LogP contribution in [0.25, 0.3) is 0 Å². The van der Waals surface area contributed by atoms with Crippen molar-refractivity contribution in [3.8, 4) is 0 Å². The van der Waals surface area contributed by atoms with Gasteiger partial charge in [-0.3, -0.25) is 4.79 Å². The van der Waals surface area contributed by atoms with Crippen molar-refractivity contribution in [3.63, 3.8) is 0 Å². The maximum Gasteiger partial charge on any atom is 0.310 e.